The summed E-state index contributed by atoms with van der Waals surface area (Å²) >= 11 is 1.50. The number of thiophene rings is 1. The van der Waals surface area contributed by atoms with Crippen LogP contribution in [0.15, 0.2) is 4.52 Å². The van der Waals surface area contributed by atoms with Gasteiger partial charge in [0, 0.05) is 11.9 Å². The molecule has 0 unspecified atom stereocenters. The molecule has 2 amide bonds. The van der Waals surface area contributed by atoms with Crippen molar-refractivity contribution in [3.05, 3.63) is 33.0 Å². The first-order valence-corrected chi connectivity index (χ1v) is 8.45. The van der Waals surface area contributed by atoms with Crippen LogP contribution in [-0.4, -0.2) is 24.0 Å². The van der Waals surface area contributed by atoms with E-state index in [1.807, 2.05) is 0 Å². The second-order valence-electron chi connectivity index (χ2n) is 5.65. The Labute approximate surface area is 138 Å². The highest BCUT2D eigenvalue weighted by atomic mass is 32.1. The molecule has 0 atom stereocenters. The Morgan fingerprint density at radius 3 is 2.52 bits per heavy atom. The number of aromatic nitrogens is 1. The van der Waals surface area contributed by atoms with E-state index in [0.717, 1.165) is 31.2 Å². The van der Waals surface area contributed by atoms with Gasteiger partial charge in [-0.15, -0.1) is 11.3 Å². The van der Waals surface area contributed by atoms with Gasteiger partial charge in [-0.2, -0.15) is 0 Å². The van der Waals surface area contributed by atoms with E-state index in [1.165, 1.54) is 16.2 Å². The highest BCUT2D eigenvalue weighted by Crippen LogP contribution is 2.38. The Kier molecular flexibility index (Phi) is 4.21. The molecule has 0 saturated heterocycles. The van der Waals surface area contributed by atoms with Gasteiger partial charge in [0.25, 0.3) is 11.8 Å². The summed E-state index contributed by atoms with van der Waals surface area (Å²) < 4.78 is 5.05. The molecule has 1 aliphatic rings. The third kappa shape index (κ3) is 2.76. The number of carbonyl (C=O) groups is 2. The number of nitrogens with zero attached hydrogens (tertiary/aromatic N) is 1. The second kappa shape index (κ2) is 6.16. The van der Waals surface area contributed by atoms with E-state index in [2.05, 4.69) is 15.8 Å². The monoisotopic (exact) mass is 333 g/mol. The van der Waals surface area contributed by atoms with Crippen molar-refractivity contribution in [3.63, 3.8) is 0 Å². The summed E-state index contributed by atoms with van der Waals surface area (Å²) in [6.07, 6.45) is 4.05. The molecule has 2 N–H and O–H groups in total. The lowest BCUT2D eigenvalue weighted by atomic mass is 9.95. The fourth-order valence-electron chi connectivity index (χ4n) is 2.99. The number of amides is 2. The molecule has 3 rings (SSSR count). The lowest BCUT2D eigenvalue weighted by molar-refractivity contribution is 0.0963. The summed E-state index contributed by atoms with van der Waals surface area (Å²) in [6, 6.07) is 0. The molecule has 0 radical (unpaired) electrons. The van der Waals surface area contributed by atoms with Crippen LogP contribution in [0.25, 0.3) is 0 Å². The zero-order valence-electron chi connectivity index (χ0n) is 13.4. The van der Waals surface area contributed by atoms with Gasteiger partial charge in [-0.3, -0.25) is 9.59 Å². The summed E-state index contributed by atoms with van der Waals surface area (Å²) in [4.78, 5) is 26.0. The van der Waals surface area contributed by atoms with Crippen LogP contribution in [0.1, 0.15) is 55.5 Å². The van der Waals surface area contributed by atoms with Crippen LogP contribution in [0.2, 0.25) is 0 Å². The molecule has 23 heavy (non-hydrogen) atoms. The maximum atomic E-state index is 12.6. The van der Waals surface area contributed by atoms with Crippen molar-refractivity contribution < 1.29 is 14.1 Å². The number of rotatable bonds is 3. The molecule has 0 saturated carbocycles. The first-order chi connectivity index (χ1) is 11.0. The number of fused-ring (bicyclic) bond motifs is 1. The Hall–Kier alpha value is -2.15. The van der Waals surface area contributed by atoms with Gasteiger partial charge in [-0.25, -0.2) is 0 Å². The molecule has 2 aromatic heterocycles. The minimum atomic E-state index is -0.287. The summed E-state index contributed by atoms with van der Waals surface area (Å²) in [5.74, 6) is 0.0336. The smallest absolute Gasteiger partial charge is 0.261 e. The minimum absolute atomic E-state index is 0.154. The number of aryl methyl sites for hydroxylation is 3. The Balaban J connectivity index is 1.98. The molecule has 0 fully saturated rings. The first-order valence-electron chi connectivity index (χ1n) is 7.63. The molecule has 0 aromatic carbocycles. The van der Waals surface area contributed by atoms with Gasteiger partial charge in [-0.1, -0.05) is 5.16 Å². The standard InChI is InChI=1S/C16H19N3O3S/c1-8-12(9(2)22-19-8)15(21)18-16-13(14(20)17-3)10-6-4-5-7-11(10)23-16/h4-7H2,1-3H3,(H,17,20)(H,18,21). The summed E-state index contributed by atoms with van der Waals surface area (Å²) in [7, 11) is 1.61. The number of carbonyl (C=O) groups excluding carboxylic acids is 2. The first kappa shape index (κ1) is 15.7. The topological polar surface area (TPSA) is 84.2 Å². The highest BCUT2D eigenvalue weighted by molar-refractivity contribution is 7.17. The predicted octanol–water partition coefficient (Wildman–Crippen LogP) is 2.84. The number of hydrogen-bond donors (Lipinski definition) is 2. The molecule has 1 aliphatic carbocycles. The Bertz CT molecular complexity index is 756. The van der Waals surface area contributed by atoms with Crippen molar-refractivity contribution in [3.8, 4) is 0 Å². The van der Waals surface area contributed by atoms with Crippen LogP contribution in [0, 0.1) is 13.8 Å². The summed E-state index contributed by atoms with van der Waals surface area (Å²) in [5, 5.41) is 9.98. The molecule has 7 heteroatoms. The van der Waals surface area contributed by atoms with E-state index in [0.29, 0.717) is 27.6 Å². The van der Waals surface area contributed by atoms with Crippen LogP contribution in [0.5, 0.6) is 0 Å². The number of anilines is 1. The normalized spacial score (nSPS) is 13.5. The summed E-state index contributed by atoms with van der Waals surface area (Å²) in [6.45, 7) is 3.43. The van der Waals surface area contributed by atoms with E-state index >= 15 is 0 Å². The molecule has 0 spiro atoms. The Morgan fingerprint density at radius 1 is 1.13 bits per heavy atom. The van der Waals surface area contributed by atoms with Crippen molar-refractivity contribution in [2.24, 2.45) is 0 Å². The van der Waals surface area contributed by atoms with Gasteiger partial charge in [0.15, 0.2) is 0 Å². The van der Waals surface area contributed by atoms with Crippen molar-refractivity contribution in [1.29, 1.82) is 0 Å². The van der Waals surface area contributed by atoms with E-state index in [1.54, 1.807) is 20.9 Å². The van der Waals surface area contributed by atoms with Gasteiger partial charge in [0.2, 0.25) is 0 Å². The van der Waals surface area contributed by atoms with Crippen molar-refractivity contribution in [2.75, 3.05) is 12.4 Å². The Morgan fingerprint density at radius 2 is 1.87 bits per heavy atom. The number of nitrogens with one attached hydrogen (secondary N) is 2. The van der Waals surface area contributed by atoms with Crippen LogP contribution in [0.3, 0.4) is 0 Å². The molecule has 2 aromatic rings. The maximum absolute atomic E-state index is 12.6. The lowest BCUT2D eigenvalue weighted by Crippen LogP contribution is -2.22. The van der Waals surface area contributed by atoms with E-state index < -0.39 is 0 Å². The molecular weight excluding hydrogens is 314 g/mol. The largest absolute Gasteiger partial charge is 0.361 e. The fraction of sp³-hybridized carbons (Fsp3) is 0.438. The molecule has 6 nitrogen and oxygen atoms in total. The van der Waals surface area contributed by atoms with Gasteiger partial charge in [0.05, 0.1) is 11.3 Å². The zero-order chi connectivity index (χ0) is 16.6. The van der Waals surface area contributed by atoms with E-state index in [4.69, 9.17) is 4.52 Å². The quantitative estimate of drug-likeness (QED) is 0.904. The van der Waals surface area contributed by atoms with E-state index in [9.17, 15) is 9.59 Å². The number of hydrogen-bond acceptors (Lipinski definition) is 5. The highest BCUT2D eigenvalue weighted by Gasteiger charge is 2.27. The fourth-order valence-corrected chi connectivity index (χ4v) is 4.27. The van der Waals surface area contributed by atoms with Crippen molar-refractivity contribution in [1.82, 2.24) is 10.5 Å². The third-order valence-electron chi connectivity index (χ3n) is 4.11. The summed E-state index contributed by atoms with van der Waals surface area (Å²) in [5.41, 5.74) is 2.66. The van der Waals surface area contributed by atoms with E-state index in [-0.39, 0.29) is 11.8 Å². The van der Waals surface area contributed by atoms with Crippen LogP contribution >= 0.6 is 11.3 Å². The SMILES string of the molecule is CNC(=O)c1c(NC(=O)c2c(C)noc2C)sc2c1CCCC2. The van der Waals surface area contributed by atoms with Crippen LogP contribution < -0.4 is 10.6 Å². The van der Waals surface area contributed by atoms with Gasteiger partial charge in [-0.05, 0) is 45.1 Å². The zero-order valence-corrected chi connectivity index (χ0v) is 14.2. The molecule has 122 valence electrons. The second-order valence-corrected chi connectivity index (χ2v) is 6.75. The average Bonchev–Trinajstić information content (AvgIpc) is 3.06. The maximum Gasteiger partial charge on any atom is 0.261 e. The minimum Gasteiger partial charge on any atom is -0.361 e. The van der Waals surface area contributed by atoms with Crippen LogP contribution in [-0.2, 0) is 12.8 Å². The van der Waals surface area contributed by atoms with Gasteiger partial charge >= 0.3 is 0 Å². The molecular formula is C16H19N3O3S. The van der Waals surface area contributed by atoms with Crippen LogP contribution in [0.4, 0.5) is 5.00 Å². The molecule has 0 bridgehead atoms. The van der Waals surface area contributed by atoms with Gasteiger partial charge in [0.1, 0.15) is 16.3 Å². The van der Waals surface area contributed by atoms with Gasteiger partial charge < -0.3 is 15.2 Å². The third-order valence-corrected chi connectivity index (χ3v) is 5.32. The predicted molar refractivity (Wildman–Crippen MR) is 88.3 cm³/mol. The lowest BCUT2D eigenvalue weighted by Gasteiger charge is -2.12. The van der Waals surface area contributed by atoms with Crippen molar-refractivity contribution >= 4 is 28.2 Å². The van der Waals surface area contributed by atoms with Crippen molar-refractivity contribution in [2.45, 2.75) is 39.5 Å². The average molecular weight is 333 g/mol. The molecule has 0 aliphatic heterocycles. The molecule has 2 heterocycles.